The third-order valence-electron chi connectivity index (χ3n) is 5.30. The molecule has 2 unspecified atom stereocenters. The number of likely N-dealkylation sites (tertiary alicyclic amines) is 1. The van der Waals surface area contributed by atoms with Crippen molar-refractivity contribution in [3.63, 3.8) is 0 Å². The molecule has 0 saturated carbocycles. The summed E-state index contributed by atoms with van der Waals surface area (Å²) in [6.07, 6.45) is 5.07. The van der Waals surface area contributed by atoms with Crippen LogP contribution >= 0.6 is 23.7 Å². The summed E-state index contributed by atoms with van der Waals surface area (Å²) in [6, 6.07) is 2.01. The van der Waals surface area contributed by atoms with Gasteiger partial charge in [-0.3, -0.25) is 9.59 Å². The number of aryl methyl sites for hydroxylation is 2. The van der Waals surface area contributed by atoms with Crippen molar-refractivity contribution in [2.45, 2.75) is 52.0 Å². The van der Waals surface area contributed by atoms with Crippen molar-refractivity contribution < 1.29 is 9.59 Å². The van der Waals surface area contributed by atoms with Crippen molar-refractivity contribution in [1.29, 1.82) is 0 Å². The molecule has 146 valence electrons. The van der Waals surface area contributed by atoms with Crippen LogP contribution in [0.2, 0.25) is 0 Å². The zero-order valence-electron chi connectivity index (χ0n) is 15.7. The average Bonchev–Trinajstić information content (AvgIpc) is 3.29. The molecule has 3 heterocycles. The molecule has 3 rings (SSSR count). The van der Waals surface area contributed by atoms with Crippen LogP contribution < -0.4 is 10.6 Å². The number of hydrogen-bond donors (Lipinski definition) is 2. The van der Waals surface area contributed by atoms with Gasteiger partial charge in [0.2, 0.25) is 5.91 Å². The molecule has 0 aromatic carbocycles. The van der Waals surface area contributed by atoms with E-state index in [1.807, 2.05) is 11.0 Å². The second-order valence-electron chi connectivity index (χ2n) is 7.22. The number of carbonyl (C=O) groups excluding carboxylic acids is 2. The Morgan fingerprint density at radius 2 is 2.15 bits per heavy atom. The molecular formula is C19H30ClN3O2S. The smallest absolute Gasteiger partial charge is 0.263 e. The standard InChI is InChI=1S/C19H29N3O2S.ClH/c1-3-16-13(2)10-17(25-16)19(24)22-9-5-6-14(12-22)11-21-18(23)15-7-4-8-20-15;/h10,14-15,20H,3-9,11-12H2,1-2H3,(H,21,23);1H. The maximum Gasteiger partial charge on any atom is 0.263 e. The summed E-state index contributed by atoms with van der Waals surface area (Å²) in [5, 5.41) is 6.31. The summed E-state index contributed by atoms with van der Waals surface area (Å²) in [4.78, 5) is 29.1. The molecule has 0 radical (unpaired) electrons. The minimum atomic E-state index is -0.0251. The SMILES string of the molecule is CCc1sc(C(=O)N2CCCC(CNC(=O)C3CCCN3)C2)cc1C.Cl. The first kappa shape index (κ1) is 21.2. The van der Waals surface area contributed by atoms with Crippen LogP contribution in [-0.2, 0) is 11.2 Å². The molecule has 2 amide bonds. The summed E-state index contributed by atoms with van der Waals surface area (Å²) in [5.41, 5.74) is 1.22. The van der Waals surface area contributed by atoms with Crippen LogP contribution in [0.4, 0.5) is 0 Å². The third-order valence-corrected chi connectivity index (χ3v) is 6.67. The number of thiophene rings is 1. The van der Waals surface area contributed by atoms with Crippen molar-refractivity contribution >= 4 is 35.6 Å². The molecule has 7 heteroatoms. The molecule has 2 aliphatic rings. The van der Waals surface area contributed by atoms with E-state index < -0.39 is 0 Å². The highest BCUT2D eigenvalue weighted by atomic mass is 35.5. The molecule has 2 aliphatic heterocycles. The molecule has 0 aliphatic carbocycles. The highest BCUT2D eigenvalue weighted by Gasteiger charge is 2.27. The van der Waals surface area contributed by atoms with E-state index in [2.05, 4.69) is 24.5 Å². The highest BCUT2D eigenvalue weighted by molar-refractivity contribution is 7.14. The van der Waals surface area contributed by atoms with E-state index in [4.69, 9.17) is 0 Å². The maximum atomic E-state index is 12.8. The number of halogens is 1. The Morgan fingerprint density at radius 1 is 1.35 bits per heavy atom. The molecule has 26 heavy (non-hydrogen) atoms. The van der Waals surface area contributed by atoms with Gasteiger partial charge >= 0.3 is 0 Å². The number of rotatable bonds is 5. The Bertz CT molecular complexity index is 628. The molecular weight excluding hydrogens is 370 g/mol. The molecule has 2 atom stereocenters. The first-order valence-electron chi connectivity index (χ1n) is 9.48. The van der Waals surface area contributed by atoms with E-state index in [-0.39, 0.29) is 30.3 Å². The van der Waals surface area contributed by atoms with Gasteiger partial charge < -0.3 is 15.5 Å². The fraction of sp³-hybridized carbons (Fsp3) is 0.684. The Morgan fingerprint density at radius 3 is 2.81 bits per heavy atom. The average molecular weight is 400 g/mol. The Hall–Kier alpha value is -1.11. The van der Waals surface area contributed by atoms with Gasteiger partial charge in [0.1, 0.15) is 0 Å². The largest absolute Gasteiger partial charge is 0.354 e. The third kappa shape index (κ3) is 4.99. The van der Waals surface area contributed by atoms with E-state index in [1.165, 1.54) is 10.4 Å². The van der Waals surface area contributed by atoms with Gasteiger partial charge in [-0.1, -0.05) is 6.92 Å². The maximum absolute atomic E-state index is 12.8. The van der Waals surface area contributed by atoms with Crippen molar-refractivity contribution in [3.05, 3.63) is 21.4 Å². The van der Waals surface area contributed by atoms with Crippen LogP contribution in [0.25, 0.3) is 0 Å². The van der Waals surface area contributed by atoms with Gasteiger partial charge in [-0.25, -0.2) is 0 Å². The van der Waals surface area contributed by atoms with Gasteiger partial charge in [-0.05, 0) is 63.1 Å². The molecule has 2 N–H and O–H groups in total. The highest BCUT2D eigenvalue weighted by Crippen LogP contribution is 2.26. The van der Waals surface area contributed by atoms with E-state index >= 15 is 0 Å². The zero-order valence-corrected chi connectivity index (χ0v) is 17.3. The summed E-state index contributed by atoms with van der Waals surface area (Å²) in [6.45, 7) is 7.39. The van der Waals surface area contributed by atoms with Gasteiger partial charge in [0.25, 0.3) is 5.91 Å². The molecule has 2 fully saturated rings. The summed E-state index contributed by atoms with van der Waals surface area (Å²) >= 11 is 1.63. The quantitative estimate of drug-likeness (QED) is 0.800. The Balaban J connectivity index is 0.00000243. The predicted octanol–water partition coefficient (Wildman–Crippen LogP) is 2.76. The molecule has 0 bridgehead atoms. The molecule has 1 aromatic heterocycles. The lowest BCUT2D eigenvalue weighted by Crippen LogP contribution is -2.46. The van der Waals surface area contributed by atoms with Gasteiger partial charge in [0.05, 0.1) is 10.9 Å². The summed E-state index contributed by atoms with van der Waals surface area (Å²) in [5.74, 6) is 0.624. The minimum absolute atomic E-state index is 0. The van der Waals surface area contributed by atoms with Gasteiger partial charge in [0.15, 0.2) is 0 Å². The first-order valence-corrected chi connectivity index (χ1v) is 10.3. The monoisotopic (exact) mass is 399 g/mol. The van der Waals surface area contributed by atoms with Crippen molar-refractivity contribution in [2.75, 3.05) is 26.2 Å². The van der Waals surface area contributed by atoms with E-state index in [0.29, 0.717) is 12.5 Å². The van der Waals surface area contributed by atoms with Crippen LogP contribution in [-0.4, -0.2) is 48.9 Å². The van der Waals surface area contributed by atoms with E-state index in [0.717, 1.165) is 56.6 Å². The van der Waals surface area contributed by atoms with Crippen molar-refractivity contribution in [2.24, 2.45) is 5.92 Å². The second kappa shape index (κ2) is 9.72. The number of piperidine rings is 1. The fourth-order valence-corrected chi connectivity index (χ4v) is 4.91. The van der Waals surface area contributed by atoms with Gasteiger partial charge in [-0.2, -0.15) is 0 Å². The van der Waals surface area contributed by atoms with Crippen LogP contribution in [0, 0.1) is 12.8 Å². The number of amides is 2. The summed E-state index contributed by atoms with van der Waals surface area (Å²) in [7, 11) is 0. The van der Waals surface area contributed by atoms with Crippen molar-refractivity contribution in [1.82, 2.24) is 15.5 Å². The predicted molar refractivity (Wildman–Crippen MR) is 108 cm³/mol. The van der Waals surface area contributed by atoms with E-state index in [9.17, 15) is 9.59 Å². The Kier molecular flexibility index (Phi) is 7.92. The molecule has 0 spiro atoms. The Labute approximate surface area is 166 Å². The van der Waals surface area contributed by atoms with Crippen molar-refractivity contribution in [3.8, 4) is 0 Å². The lowest BCUT2D eigenvalue weighted by molar-refractivity contribution is -0.123. The lowest BCUT2D eigenvalue weighted by Gasteiger charge is -2.32. The van der Waals surface area contributed by atoms with Crippen LogP contribution in [0.15, 0.2) is 6.07 Å². The molecule has 1 aromatic rings. The van der Waals surface area contributed by atoms with Crippen LogP contribution in [0.1, 0.15) is 52.7 Å². The van der Waals surface area contributed by atoms with Gasteiger partial charge in [-0.15, -0.1) is 23.7 Å². The number of hydrogen-bond acceptors (Lipinski definition) is 4. The fourth-order valence-electron chi connectivity index (χ4n) is 3.82. The number of nitrogens with one attached hydrogen (secondary N) is 2. The van der Waals surface area contributed by atoms with Gasteiger partial charge in [0, 0.05) is 24.5 Å². The molecule has 2 saturated heterocycles. The molecule has 5 nitrogen and oxygen atoms in total. The number of nitrogens with zero attached hydrogens (tertiary/aromatic N) is 1. The second-order valence-corrected chi connectivity index (χ2v) is 8.36. The van der Waals surface area contributed by atoms with Crippen LogP contribution in [0.3, 0.4) is 0 Å². The lowest BCUT2D eigenvalue weighted by atomic mass is 9.97. The zero-order chi connectivity index (χ0) is 17.8. The normalized spacial score (nSPS) is 22.8. The first-order chi connectivity index (χ1) is 12.1. The minimum Gasteiger partial charge on any atom is -0.354 e. The number of carbonyl (C=O) groups is 2. The topological polar surface area (TPSA) is 61.4 Å². The summed E-state index contributed by atoms with van der Waals surface area (Å²) < 4.78 is 0. The van der Waals surface area contributed by atoms with E-state index in [1.54, 1.807) is 11.3 Å². The van der Waals surface area contributed by atoms with Crippen LogP contribution in [0.5, 0.6) is 0 Å².